The zero-order valence-electron chi connectivity index (χ0n) is 41.7. The van der Waals surface area contributed by atoms with Crippen molar-refractivity contribution in [2.24, 2.45) is 0 Å². The van der Waals surface area contributed by atoms with Crippen molar-refractivity contribution in [1.82, 2.24) is 15.0 Å². The second-order valence-corrected chi connectivity index (χ2v) is 20.0. The summed E-state index contributed by atoms with van der Waals surface area (Å²) in [5.74, 6) is -5.65. The van der Waals surface area contributed by atoms with Gasteiger partial charge in [-0.25, -0.2) is 28.7 Å². The van der Waals surface area contributed by atoms with Crippen molar-refractivity contribution in [2.75, 3.05) is 0 Å². The van der Waals surface area contributed by atoms with Crippen LogP contribution in [0.2, 0.25) is 0 Å². The van der Waals surface area contributed by atoms with Gasteiger partial charge >= 0.3 is 36.6 Å². The van der Waals surface area contributed by atoms with Crippen LogP contribution in [0.25, 0.3) is 65.4 Å². The van der Waals surface area contributed by atoms with Gasteiger partial charge < -0.3 is 14.9 Å². The van der Waals surface area contributed by atoms with Gasteiger partial charge in [0.1, 0.15) is 5.75 Å². The molecule has 0 aliphatic carbocycles. The number of hydrogen-bond donors (Lipinski definition) is 2. The number of alkyl halides is 12. The van der Waals surface area contributed by atoms with Crippen LogP contribution in [0.3, 0.4) is 0 Å². The van der Waals surface area contributed by atoms with Gasteiger partial charge in [0.05, 0.1) is 72.0 Å². The highest BCUT2D eigenvalue weighted by Crippen LogP contribution is 2.46. The van der Waals surface area contributed by atoms with E-state index in [4.69, 9.17) is 25.7 Å². The van der Waals surface area contributed by atoms with E-state index in [1.807, 2.05) is 84.9 Å². The Bertz CT molecular complexity index is 3960. The molecule has 0 unspecified atom stereocenters. The predicted molar refractivity (Wildman–Crippen MR) is 294 cm³/mol. The normalized spacial score (nSPS) is 11.7. The van der Waals surface area contributed by atoms with Crippen molar-refractivity contribution in [3.05, 3.63) is 221 Å². The number of ether oxygens (including phenoxy) is 1. The number of esters is 1. The average molecular weight is 1250 g/mol. The number of carboxylic acids is 1. The van der Waals surface area contributed by atoms with Gasteiger partial charge in [-0.15, -0.1) is 0 Å². The zero-order chi connectivity index (χ0) is 61.5. The lowest BCUT2D eigenvalue weighted by Gasteiger charge is -2.18. The molecule has 3 aromatic heterocycles. The first-order valence-corrected chi connectivity index (χ1v) is 26.6. The largest absolute Gasteiger partial charge is 0.507 e. The number of hydrogen-bond acceptors (Lipinski definition) is 9. The summed E-state index contributed by atoms with van der Waals surface area (Å²) in [5, 5.41) is 21.2. The Kier molecular flexibility index (Phi) is 19.4. The quantitative estimate of drug-likeness (QED) is 0.0572. The summed E-state index contributed by atoms with van der Waals surface area (Å²) in [5.41, 5.74) is -2.42. The molecule has 2 N–H and O–H groups in total. The highest BCUT2D eigenvalue weighted by molar-refractivity contribution is 8.26. The highest BCUT2D eigenvalue weighted by atomic mass is 36.0. The van der Waals surface area contributed by atoms with Gasteiger partial charge in [-0.3, -0.25) is 4.79 Å². The maximum Gasteiger partial charge on any atom is 0.420 e. The fraction of sp³-hybridized carbons (Fsp3) is 0.0690. The molecule has 0 spiro atoms. The lowest BCUT2D eigenvalue weighted by atomic mass is 10.0. The van der Waals surface area contributed by atoms with E-state index in [1.165, 1.54) is 12.1 Å². The van der Waals surface area contributed by atoms with Crippen LogP contribution in [0.15, 0.2) is 182 Å². The molecular formula is C58H32Cl3F12N3O7S. The van der Waals surface area contributed by atoms with Gasteiger partial charge in [-0.2, -0.15) is 52.7 Å². The monoisotopic (exact) mass is 1250 g/mol. The van der Waals surface area contributed by atoms with Crippen LogP contribution < -0.4 is 4.74 Å². The lowest BCUT2D eigenvalue weighted by molar-refractivity contribution is -0.146. The summed E-state index contributed by atoms with van der Waals surface area (Å²) in [6.45, 7) is 0. The van der Waals surface area contributed by atoms with Gasteiger partial charge in [0.25, 0.3) is 5.24 Å². The molecule has 8 aromatic carbocycles. The number of benzene rings is 8. The highest BCUT2D eigenvalue weighted by Gasteiger charge is 2.43. The number of carboxylic acid groups (broad SMARTS) is 1. The molecule has 11 aromatic rings. The number of carbonyl (C=O) groups is 3. The van der Waals surface area contributed by atoms with Crippen molar-refractivity contribution in [1.29, 1.82) is 0 Å². The van der Waals surface area contributed by atoms with Crippen LogP contribution >= 0.6 is 33.0 Å². The SMILES string of the molecule is O=C(Cl)c1c2ccccc2nc2ccccc12.O=C(O)c1c2ccccc2nc2ccccc12.O=C(Oc1c(C(F)(F)F)cccc1C(F)(F)F)c1c2ccccc2nc2ccccc12.O=S(Cl)Cl.Oc1c(C(F)(F)F)cccc1C(F)(F)F. The van der Waals surface area contributed by atoms with Crippen LogP contribution in [-0.4, -0.2) is 46.6 Å². The van der Waals surface area contributed by atoms with Crippen LogP contribution in [0, 0.1) is 0 Å². The second-order valence-electron chi connectivity index (χ2n) is 17.1. The van der Waals surface area contributed by atoms with Crippen LogP contribution in [0.4, 0.5) is 52.7 Å². The second kappa shape index (κ2) is 25.9. The van der Waals surface area contributed by atoms with E-state index in [-0.39, 0.29) is 16.3 Å². The summed E-state index contributed by atoms with van der Waals surface area (Å²) in [7, 11) is 7.36. The minimum absolute atomic E-state index is 0.175. The van der Waals surface area contributed by atoms with E-state index >= 15 is 0 Å². The Labute approximate surface area is 480 Å². The number of fused-ring (bicyclic) bond motifs is 6. The standard InChI is InChI=1S/C22H11F6NO2.C14H8ClNO.C14H9NO2.C8H4F6O.Cl2OS/c23-21(24,25)14-8-5-9-15(22(26,27)28)19(14)31-20(30)18-12-6-1-3-10-16(12)29-17-11-4-2-7-13(17)18;15-14(17)13-9-5-1-3-7-11(9)16-12-8-4-2-6-10(12)13;16-14(17)13-9-5-1-3-7-11(9)15-12-8-4-2-6-10(12)13;9-7(10,11)4-2-1-3-5(6(4)15)8(12,13)14;1-4(2)3/h1-11H;1-8H;1-8H,(H,16,17);1-3,15H;. The third-order valence-corrected chi connectivity index (χ3v) is 12.0. The number of phenolic OH excluding ortho intramolecular Hbond substituents is 1. The number of carbonyl (C=O) groups excluding carboxylic acids is 2. The van der Waals surface area contributed by atoms with Crippen LogP contribution in [0.1, 0.15) is 53.3 Å². The van der Waals surface area contributed by atoms with E-state index in [0.29, 0.717) is 80.4 Å². The molecule has 0 fully saturated rings. The smallest absolute Gasteiger partial charge is 0.420 e. The topological polar surface area (TPSA) is 157 Å². The number of rotatable bonds is 4. The fourth-order valence-electron chi connectivity index (χ4n) is 8.42. The minimum atomic E-state index is -5.17. The summed E-state index contributed by atoms with van der Waals surface area (Å²) >= 11 is 5.69. The lowest BCUT2D eigenvalue weighted by Crippen LogP contribution is -2.19. The number of aromatic hydroxyl groups is 1. The van der Waals surface area contributed by atoms with E-state index in [2.05, 4.69) is 36.3 Å². The number of aromatic carboxylic acids is 1. The fourth-order valence-corrected chi connectivity index (χ4v) is 8.62. The Morgan fingerprint density at radius 2 is 0.631 bits per heavy atom. The van der Waals surface area contributed by atoms with E-state index in [1.54, 1.807) is 48.5 Å². The molecule has 0 aliphatic rings. The van der Waals surface area contributed by atoms with E-state index in [9.17, 15) is 72.2 Å². The van der Waals surface area contributed by atoms with Crippen molar-refractivity contribution >= 4 is 125 Å². The molecule has 84 heavy (non-hydrogen) atoms. The first kappa shape index (κ1) is 63.0. The predicted octanol–water partition coefficient (Wildman–Crippen LogP) is 18.0. The number of halogens is 15. The van der Waals surface area contributed by atoms with Crippen molar-refractivity contribution < 1.29 is 86.2 Å². The van der Waals surface area contributed by atoms with Crippen molar-refractivity contribution in [2.45, 2.75) is 24.7 Å². The molecule has 0 saturated heterocycles. The Balaban J connectivity index is 0.000000165. The molecule has 0 amide bonds. The van der Waals surface area contributed by atoms with Gasteiger partial charge in [-0.1, -0.05) is 121 Å². The minimum Gasteiger partial charge on any atom is -0.507 e. The molecule has 0 atom stereocenters. The van der Waals surface area contributed by atoms with Gasteiger partial charge in [0, 0.05) is 53.7 Å². The van der Waals surface area contributed by atoms with Gasteiger partial charge in [0.2, 0.25) is 9.23 Å². The number of pyridine rings is 3. The first-order valence-electron chi connectivity index (χ1n) is 23.4. The third-order valence-electron chi connectivity index (χ3n) is 11.8. The molecule has 10 nitrogen and oxygen atoms in total. The third kappa shape index (κ3) is 14.8. The van der Waals surface area contributed by atoms with Gasteiger partial charge in [-0.05, 0) is 72.3 Å². The van der Waals surface area contributed by atoms with Gasteiger partial charge in [0.15, 0.2) is 5.75 Å². The molecule has 11 rings (SSSR count). The van der Waals surface area contributed by atoms with Crippen LogP contribution in [0.5, 0.6) is 11.5 Å². The molecule has 26 heteroatoms. The summed E-state index contributed by atoms with van der Waals surface area (Å²) in [4.78, 5) is 49.4. The van der Waals surface area contributed by atoms with Crippen molar-refractivity contribution in [3.8, 4) is 11.5 Å². The van der Waals surface area contributed by atoms with E-state index in [0.717, 1.165) is 21.8 Å². The van der Waals surface area contributed by atoms with E-state index < -0.39 is 84.9 Å². The summed E-state index contributed by atoms with van der Waals surface area (Å²) in [6.07, 6.45) is -20.4. The molecule has 0 aliphatic heterocycles. The maximum atomic E-state index is 13.4. The molecule has 0 bridgehead atoms. The summed E-state index contributed by atoms with van der Waals surface area (Å²) < 4.78 is 167. The summed E-state index contributed by atoms with van der Waals surface area (Å²) in [6, 6.07) is 45.0. The Hall–Kier alpha value is -8.64. The molecular weight excluding hydrogens is 1220 g/mol. The van der Waals surface area contributed by atoms with Crippen molar-refractivity contribution in [3.63, 3.8) is 0 Å². The Morgan fingerprint density at radius 3 is 0.881 bits per heavy atom. The molecule has 3 heterocycles. The maximum absolute atomic E-state index is 13.4. The molecule has 0 saturated carbocycles. The average Bonchev–Trinajstić information content (AvgIpc) is 1.51. The molecule has 432 valence electrons. The zero-order valence-corrected chi connectivity index (χ0v) is 44.8. The Morgan fingerprint density at radius 1 is 0.393 bits per heavy atom. The number of phenols is 1. The first-order chi connectivity index (χ1) is 39.5. The number of para-hydroxylation sites is 8. The van der Waals surface area contributed by atoms with Crippen LogP contribution in [-0.2, 0) is 33.9 Å². The molecule has 0 radical (unpaired) electrons. The number of nitrogens with zero attached hydrogens (tertiary/aromatic N) is 3. The number of aromatic nitrogens is 3.